The van der Waals surface area contributed by atoms with Gasteiger partial charge in [-0.3, -0.25) is 14.9 Å². The van der Waals surface area contributed by atoms with Gasteiger partial charge in [0, 0.05) is 43.9 Å². The van der Waals surface area contributed by atoms with E-state index >= 15 is 0 Å². The molecule has 23 heavy (non-hydrogen) atoms. The van der Waals surface area contributed by atoms with Crippen molar-refractivity contribution in [1.29, 1.82) is 0 Å². The number of nitro groups is 1. The first-order valence-electron chi connectivity index (χ1n) is 7.37. The first kappa shape index (κ1) is 15.2. The van der Waals surface area contributed by atoms with E-state index in [4.69, 9.17) is 4.42 Å². The van der Waals surface area contributed by atoms with Crippen LogP contribution in [-0.4, -0.2) is 53.9 Å². The van der Waals surface area contributed by atoms with E-state index in [1.54, 1.807) is 29.2 Å². The molecule has 0 radical (unpaired) electrons. The summed E-state index contributed by atoms with van der Waals surface area (Å²) >= 11 is 0. The number of benzene rings is 1. The molecule has 1 aliphatic rings. The molecule has 1 saturated heterocycles. The number of hydrogen-bond donors (Lipinski definition) is 0. The quantitative estimate of drug-likeness (QED) is 0.641. The van der Waals surface area contributed by atoms with E-state index in [1.165, 1.54) is 12.1 Å². The highest BCUT2D eigenvalue weighted by Crippen LogP contribution is 2.26. The molecular formula is C16H17N3O4. The number of rotatable bonds is 3. The normalized spacial score (nSPS) is 15.6. The van der Waals surface area contributed by atoms with Crippen LogP contribution in [0.5, 0.6) is 0 Å². The van der Waals surface area contributed by atoms with Gasteiger partial charge < -0.3 is 14.2 Å². The molecule has 2 heterocycles. The lowest BCUT2D eigenvalue weighted by Gasteiger charge is -2.31. The van der Waals surface area contributed by atoms with Crippen molar-refractivity contribution < 1.29 is 14.1 Å². The lowest BCUT2D eigenvalue weighted by Crippen LogP contribution is -2.47. The number of likely N-dealkylation sites (N-methyl/N-ethyl adjacent to an activating group) is 1. The number of non-ortho nitro benzene ring substituents is 1. The van der Waals surface area contributed by atoms with E-state index in [2.05, 4.69) is 4.90 Å². The molecule has 120 valence electrons. The number of nitro benzene ring substituents is 1. The molecule has 7 nitrogen and oxygen atoms in total. The summed E-state index contributed by atoms with van der Waals surface area (Å²) in [5, 5.41) is 10.8. The highest BCUT2D eigenvalue weighted by molar-refractivity contribution is 5.92. The standard InChI is InChI=1S/C16H17N3O4/c1-17-7-9-18(10-8-17)16(20)15-6-5-14(23-15)12-3-2-4-13(11-12)19(21)22/h2-6,11H,7-10H2,1H3. The Morgan fingerprint density at radius 1 is 1.17 bits per heavy atom. The number of carbonyl (C=O) groups excluding carboxylic acids is 1. The van der Waals surface area contributed by atoms with Crippen molar-refractivity contribution in [3.63, 3.8) is 0 Å². The van der Waals surface area contributed by atoms with Gasteiger partial charge in [-0.25, -0.2) is 0 Å². The zero-order chi connectivity index (χ0) is 16.4. The molecule has 0 unspecified atom stereocenters. The Morgan fingerprint density at radius 3 is 2.61 bits per heavy atom. The molecule has 3 rings (SSSR count). The first-order chi connectivity index (χ1) is 11.0. The number of nitrogens with zero attached hydrogens (tertiary/aromatic N) is 3. The second-order valence-corrected chi connectivity index (χ2v) is 5.57. The zero-order valence-electron chi connectivity index (χ0n) is 12.8. The maximum Gasteiger partial charge on any atom is 0.289 e. The lowest BCUT2D eigenvalue weighted by atomic mass is 10.1. The van der Waals surface area contributed by atoms with Gasteiger partial charge in [-0.15, -0.1) is 0 Å². The summed E-state index contributed by atoms with van der Waals surface area (Å²) in [4.78, 5) is 26.7. The van der Waals surface area contributed by atoms with Gasteiger partial charge in [-0.2, -0.15) is 0 Å². The number of carbonyl (C=O) groups is 1. The smallest absolute Gasteiger partial charge is 0.289 e. The van der Waals surface area contributed by atoms with Gasteiger partial charge in [-0.05, 0) is 19.2 Å². The monoisotopic (exact) mass is 315 g/mol. The van der Waals surface area contributed by atoms with Crippen LogP contribution in [0.15, 0.2) is 40.8 Å². The maximum absolute atomic E-state index is 12.4. The summed E-state index contributed by atoms with van der Waals surface area (Å²) < 4.78 is 5.62. The predicted octanol–water partition coefficient (Wildman–Crippen LogP) is 2.24. The highest BCUT2D eigenvalue weighted by atomic mass is 16.6. The van der Waals surface area contributed by atoms with Crippen molar-refractivity contribution in [1.82, 2.24) is 9.80 Å². The van der Waals surface area contributed by atoms with Gasteiger partial charge in [-0.1, -0.05) is 12.1 Å². The third kappa shape index (κ3) is 3.24. The van der Waals surface area contributed by atoms with Crippen LogP contribution in [0.25, 0.3) is 11.3 Å². The second-order valence-electron chi connectivity index (χ2n) is 5.57. The molecule has 7 heteroatoms. The van der Waals surface area contributed by atoms with Crippen molar-refractivity contribution in [3.05, 3.63) is 52.3 Å². The Morgan fingerprint density at radius 2 is 1.91 bits per heavy atom. The molecule has 0 bridgehead atoms. The van der Waals surface area contributed by atoms with Crippen LogP contribution in [0.4, 0.5) is 5.69 Å². The van der Waals surface area contributed by atoms with E-state index in [9.17, 15) is 14.9 Å². The summed E-state index contributed by atoms with van der Waals surface area (Å²) in [6, 6.07) is 9.46. The topological polar surface area (TPSA) is 79.8 Å². The second kappa shape index (κ2) is 6.21. The maximum atomic E-state index is 12.4. The van der Waals surface area contributed by atoms with Gasteiger partial charge in [0.05, 0.1) is 4.92 Å². The number of amides is 1. The van der Waals surface area contributed by atoms with Crippen molar-refractivity contribution in [3.8, 4) is 11.3 Å². The number of piperazine rings is 1. The highest BCUT2D eigenvalue weighted by Gasteiger charge is 2.23. The Balaban J connectivity index is 1.79. The Hall–Kier alpha value is -2.67. The summed E-state index contributed by atoms with van der Waals surface area (Å²) in [6.07, 6.45) is 0. The largest absolute Gasteiger partial charge is 0.451 e. The van der Waals surface area contributed by atoms with E-state index in [1.807, 2.05) is 7.05 Å². The minimum Gasteiger partial charge on any atom is -0.451 e. The fourth-order valence-electron chi connectivity index (χ4n) is 2.55. The van der Waals surface area contributed by atoms with E-state index in [0.717, 1.165) is 13.1 Å². The van der Waals surface area contributed by atoms with Crippen LogP contribution < -0.4 is 0 Å². The summed E-state index contributed by atoms with van der Waals surface area (Å²) in [5.74, 6) is 0.567. The van der Waals surface area contributed by atoms with Crippen molar-refractivity contribution in [2.24, 2.45) is 0 Å². The van der Waals surface area contributed by atoms with Crippen LogP contribution >= 0.6 is 0 Å². The Bertz CT molecular complexity index is 732. The number of hydrogen-bond acceptors (Lipinski definition) is 5. The summed E-state index contributed by atoms with van der Waals surface area (Å²) in [6.45, 7) is 3.01. The van der Waals surface area contributed by atoms with Crippen LogP contribution in [0.3, 0.4) is 0 Å². The summed E-state index contributed by atoms with van der Waals surface area (Å²) in [7, 11) is 2.02. The van der Waals surface area contributed by atoms with Crippen LogP contribution in [0.1, 0.15) is 10.6 Å². The summed E-state index contributed by atoms with van der Waals surface area (Å²) in [5.41, 5.74) is 0.572. The lowest BCUT2D eigenvalue weighted by molar-refractivity contribution is -0.384. The van der Waals surface area contributed by atoms with Gasteiger partial charge >= 0.3 is 0 Å². The van der Waals surface area contributed by atoms with Crippen molar-refractivity contribution in [2.75, 3.05) is 33.2 Å². The van der Waals surface area contributed by atoms with E-state index in [0.29, 0.717) is 24.4 Å². The van der Waals surface area contributed by atoms with Crippen molar-refractivity contribution >= 4 is 11.6 Å². The molecule has 1 aliphatic heterocycles. The van der Waals surface area contributed by atoms with Gasteiger partial charge in [0.25, 0.3) is 11.6 Å². The zero-order valence-corrected chi connectivity index (χ0v) is 12.8. The average molecular weight is 315 g/mol. The Labute approximate surface area is 133 Å². The minimum atomic E-state index is -0.456. The first-order valence-corrected chi connectivity index (χ1v) is 7.37. The molecular weight excluding hydrogens is 298 g/mol. The van der Waals surface area contributed by atoms with E-state index < -0.39 is 4.92 Å². The molecule has 1 aromatic heterocycles. The van der Waals surface area contributed by atoms with Gasteiger partial charge in [0.1, 0.15) is 5.76 Å². The molecule has 0 spiro atoms. The van der Waals surface area contributed by atoms with Crippen LogP contribution in [0, 0.1) is 10.1 Å². The fourth-order valence-corrected chi connectivity index (χ4v) is 2.55. The minimum absolute atomic E-state index is 0.00848. The fraction of sp³-hybridized carbons (Fsp3) is 0.312. The van der Waals surface area contributed by atoms with Crippen molar-refractivity contribution in [2.45, 2.75) is 0 Å². The third-order valence-electron chi connectivity index (χ3n) is 3.95. The molecule has 1 amide bonds. The molecule has 1 aromatic carbocycles. The Kier molecular flexibility index (Phi) is 4.12. The molecule has 0 aliphatic carbocycles. The van der Waals surface area contributed by atoms with E-state index in [-0.39, 0.29) is 17.4 Å². The SMILES string of the molecule is CN1CCN(C(=O)c2ccc(-c3cccc([N+](=O)[O-])c3)o2)CC1. The molecule has 0 N–H and O–H groups in total. The van der Waals surface area contributed by atoms with Crippen LogP contribution in [-0.2, 0) is 0 Å². The molecule has 2 aromatic rings. The third-order valence-corrected chi connectivity index (χ3v) is 3.95. The van der Waals surface area contributed by atoms with Gasteiger partial charge in [0.2, 0.25) is 0 Å². The predicted molar refractivity (Wildman–Crippen MR) is 84.2 cm³/mol. The average Bonchev–Trinajstić information content (AvgIpc) is 3.05. The molecule has 0 atom stereocenters. The molecule has 1 fully saturated rings. The number of furan rings is 1. The van der Waals surface area contributed by atoms with Gasteiger partial charge in [0.15, 0.2) is 5.76 Å². The molecule has 0 saturated carbocycles. The van der Waals surface area contributed by atoms with Crippen LogP contribution in [0.2, 0.25) is 0 Å².